The van der Waals surface area contributed by atoms with E-state index in [4.69, 9.17) is 4.98 Å². The normalized spacial score (nSPS) is 12.7. The number of benzene rings is 3. The van der Waals surface area contributed by atoms with Gasteiger partial charge in [-0.2, -0.15) is 0 Å². The molecule has 1 unspecified atom stereocenters. The molecule has 0 aliphatic heterocycles. The summed E-state index contributed by atoms with van der Waals surface area (Å²) in [4.78, 5) is 6.81. The molecule has 2 heterocycles. The first-order chi connectivity index (χ1) is 18.1. The third-order valence-electron chi connectivity index (χ3n) is 7.93. The predicted octanol–water partition coefficient (Wildman–Crippen LogP) is 9.96. The summed E-state index contributed by atoms with van der Waals surface area (Å²) in [7, 11) is 2.18. The van der Waals surface area contributed by atoms with Gasteiger partial charge < -0.3 is 4.57 Å². The SMILES string of the molecule is Cc1cc(C)c(C(c2c(C(C)C)cccc2C(C)C)c2nc(-c3c(C)sc4ccccc34)cn2C)c(C)c1. The lowest BCUT2D eigenvalue weighted by atomic mass is 9.76. The van der Waals surface area contributed by atoms with Crippen LogP contribution in [0.15, 0.2) is 60.8 Å². The molecule has 0 aliphatic rings. The minimum Gasteiger partial charge on any atom is -0.337 e. The number of imidazole rings is 1. The van der Waals surface area contributed by atoms with Crippen LogP contribution >= 0.6 is 11.3 Å². The summed E-state index contributed by atoms with van der Waals surface area (Å²) in [6.07, 6.45) is 2.25. The zero-order valence-corrected chi connectivity index (χ0v) is 25.1. The molecule has 0 spiro atoms. The van der Waals surface area contributed by atoms with E-state index in [1.807, 2.05) is 11.3 Å². The van der Waals surface area contributed by atoms with Gasteiger partial charge >= 0.3 is 0 Å². The van der Waals surface area contributed by atoms with E-state index in [-0.39, 0.29) is 5.92 Å². The molecule has 2 nitrogen and oxygen atoms in total. The molecule has 3 aromatic carbocycles. The molecule has 0 N–H and O–H groups in total. The number of hydrogen-bond acceptors (Lipinski definition) is 2. The molecule has 5 rings (SSSR count). The van der Waals surface area contributed by atoms with E-state index in [0.717, 1.165) is 11.5 Å². The third kappa shape index (κ3) is 4.52. The summed E-state index contributed by atoms with van der Waals surface area (Å²) in [6.45, 7) is 18.2. The van der Waals surface area contributed by atoms with E-state index in [1.54, 1.807) is 0 Å². The fourth-order valence-corrected chi connectivity index (χ4v) is 7.42. The van der Waals surface area contributed by atoms with E-state index in [1.165, 1.54) is 59.5 Å². The van der Waals surface area contributed by atoms with Crippen molar-refractivity contribution in [1.82, 2.24) is 9.55 Å². The van der Waals surface area contributed by atoms with Crippen LogP contribution in [0.4, 0.5) is 0 Å². The van der Waals surface area contributed by atoms with Gasteiger partial charge in [0.2, 0.25) is 0 Å². The van der Waals surface area contributed by atoms with Gasteiger partial charge in [0.15, 0.2) is 0 Å². The van der Waals surface area contributed by atoms with Gasteiger partial charge in [-0.25, -0.2) is 4.98 Å². The Kier molecular flexibility index (Phi) is 7.09. The second-order valence-electron chi connectivity index (χ2n) is 11.5. The average Bonchev–Trinajstić information content (AvgIpc) is 3.38. The monoisotopic (exact) mass is 520 g/mol. The van der Waals surface area contributed by atoms with Gasteiger partial charge in [-0.3, -0.25) is 0 Å². The summed E-state index contributed by atoms with van der Waals surface area (Å²) >= 11 is 1.86. The fourth-order valence-electron chi connectivity index (χ4n) is 6.35. The molecule has 0 aliphatic carbocycles. The Bertz CT molecular complexity index is 1580. The number of hydrogen-bond donors (Lipinski definition) is 0. The van der Waals surface area contributed by atoms with Gasteiger partial charge in [0, 0.05) is 33.8 Å². The Morgan fingerprint density at radius 3 is 1.97 bits per heavy atom. The molecule has 5 aromatic rings. The maximum Gasteiger partial charge on any atom is 0.121 e. The first kappa shape index (κ1) is 26.4. The van der Waals surface area contributed by atoms with Gasteiger partial charge in [-0.1, -0.05) is 81.8 Å². The topological polar surface area (TPSA) is 17.8 Å². The fraction of sp³-hybridized carbons (Fsp3) is 0.343. The molecule has 3 heteroatoms. The van der Waals surface area contributed by atoms with E-state index < -0.39 is 0 Å². The molecular formula is C35H40N2S. The Hall–Kier alpha value is -3.17. The minimum absolute atomic E-state index is 0.0514. The minimum atomic E-state index is 0.0514. The van der Waals surface area contributed by atoms with Crippen molar-refractivity contribution in [1.29, 1.82) is 0 Å². The highest BCUT2D eigenvalue weighted by atomic mass is 32.1. The maximum atomic E-state index is 5.49. The van der Waals surface area contributed by atoms with Crippen molar-refractivity contribution in [3.05, 3.63) is 110 Å². The van der Waals surface area contributed by atoms with Gasteiger partial charge in [0.25, 0.3) is 0 Å². The van der Waals surface area contributed by atoms with Crippen LogP contribution in [0.5, 0.6) is 0 Å². The predicted molar refractivity (Wildman–Crippen MR) is 165 cm³/mol. The average molecular weight is 521 g/mol. The van der Waals surface area contributed by atoms with Gasteiger partial charge in [-0.15, -0.1) is 11.3 Å². The summed E-state index contributed by atoms with van der Waals surface area (Å²) in [5.74, 6) is 2.00. The van der Waals surface area contributed by atoms with Crippen LogP contribution in [-0.2, 0) is 7.05 Å². The van der Waals surface area contributed by atoms with Crippen molar-refractivity contribution in [3.8, 4) is 11.3 Å². The lowest BCUT2D eigenvalue weighted by Crippen LogP contribution is -2.17. The highest BCUT2D eigenvalue weighted by molar-refractivity contribution is 7.19. The number of nitrogens with zero attached hydrogens (tertiary/aromatic N) is 2. The molecule has 0 saturated heterocycles. The van der Waals surface area contributed by atoms with Crippen LogP contribution in [0.1, 0.15) is 95.1 Å². The van der Waals surface area contributed by atoms with Crippen molar-refractivity contribution >= 4 is 21.4 Å². The van der Waals surface area contributed by atoms with E-state index >= 15 is 0 Å². The summed E-state index contributed by atoms with van der Waals surface area (Å²) < 4.78 is 3.60. The highest BCUT2D eigenvalue weighted by Gasteiger charge is 2.31. The van der Waals surface area contributed by atoms with Gasteiger partial charge in [0.05, 0.1) is 11.6 Å². The summed E-state index contributed by atoms with van der Waals surface area (Å²) in [5, 5.41) is 1.30. The largest absolute Gasteiger partial charge is 0.337 e. The van der Waals surface area contributed by atoms with Crippen LogP contribution in [0.3, 0.4) is 0 Å². The van der Waals surface area contributed by atoms with Crippen molar-refractivity contribution in [2.24, 2.45) is 7.05 Å². The van der Waals surface area contributed by atoms with Crippen LogP contribution in [0.2, 0.25) is 0 Å². The standard InChI is InChI=1S/C35H40N2S/c1-20(2)26-14-12-15-27(21(3)4)33(26)34(31-23(6)17-22(5)18-24(31)7)35-36-29(19-37(35)9)32-25(8)38-30-16-11-10-13-28(30)32/h10-21,34H,1-9H3. The summed E-state index contributed by atoms with van der Waals surface area (Å²) in [6, 6.07) is 20.3. The molecular weight excluding hydrogens is 480 g/mol. The second-order valence-corrected chi connectivity index (χ2v) is 12.8. The summed E-state index contributed by atoms with van der Waals surface area (Å²) in [5.41, 5.74) is 12.0. The maximum absolute atomic E-state index is 5.49. The number of thiophene rings is 1. The Balaban J connectivity index is 1.85. The van der Waals surface area contributed by atoms with E-state index in [9.17, 15) is 0 Å². The molecule has 0 fully saturated rings. The molecule has 196 valence electrons. The van der Waals surface area contributed by atoms with Gasteiger partial charge in [0.1, 0.15) is 5.82 Å². The van der Waals surface area contributed by atoms with Gasteiger partial charge in [-0.05, 0) is 79.0 Å². The zero-order valence-electron chi connectivity index (χ0n) is 24.3. The number of fused-ring (bicyclic) bond motifs is 1. The van der Waals surface area contributed by atoms with E-state index in [0.29, 0.717) is 11.8 Å². The second kappa shape index (κ2) is 10.2. The van der Waals surface area contributed by atoms with Crippen molar-refractivity contribution in [2.45, 2.75) is 73.1 Å². The zero-order chi connectivity index (χ0) is 27.3. The molecule has 1 atom stereocenters. The molecule has 0 bridgehead atoms. The number of aromatic nitrogens is 2. The smallest absolute Gasteiger partial charge is 0.121 e. The van der Waals surface area contributed by atoms with Crippen molar-refractivity contribution < 1.29 is 0 Å². The van der Waals surface area contributed by atoms with Crippen molar-refractivity contribution in [3.63, 3.8) is 0 Å². The first-order valence-corrected chi connectivity index (χ1v) is 14.6. The quantitative estimate of drug-likeness (QED) is 0.218. The van der Waals surface area contributed by atoms with Crippen LogP contribution in [0, 0.1) is 27.7 Å². The Morgan fingerprint density at radius 2 is 1.37 bits per heavy atom. The Labute approximate surface area is 232 Å². The van der Waals surface area contributed by atoms with Crippen LogP contribution in [-0.4, -0.2) is 9.55 Å². The number of rotatable bonds is 6. The molecule has 0 radical (unpaired) electrons. The number of aryl methyl sites for hydroxylation is 5. The Morgan fingerprint density at radius 1 is 0.763 bits per heavy atom. The lowest BCUT2D eigenvalue weighted by Gasteiger charge is -2.29. The van der Waals surface area contributed by atoms with Crippen LogP contribution in [0.25, 0.3) is 21.3 Å². The molecule has 2 aromatic heterocycles. The van der Waals surface area contributed by atoms with Crippen LogP contribution < -0.4 is 0 Å². The third-order valence-corrected chi connectivity index (χ3v) is 9.02. The lowest BCUT2D eigenvalue weighted by molar-refractivity contribution is 0.718. The molecule has 38 heavy (non-hydrogen) atoms. The van der Waals surface area contributed by atoms with Crippen molar-refractivity contribution in [2.75, 3.05) is 0 Å². The first-order valence-electron chi connectivity index (χ1n) is 13.8. The molecule has 0 saturated carbocycles. The molecule has 0 amide bonds. The highest BCUT2D eigenvalue weighted by Crippen LogP contribution is 2.44. The van der Waals surface area contributed by atoms with E-state index in [2.05, 4.69) is 128 Å².